The maximum Gasteiger partial charge on any atom is 0.150 e. The number of rotatable bonds is 4. The van der Waals surface area contributed by atoms with Crippen LogP contribution in [-0.4, -0.2) is 33.8 Å². The summed E-state index contributed by atoms with van der Waals surface area (Å²) in [6, 6.07) is 0. The van der Waals surface area contributed by atoms with Gasteiger partial charge in [0.15, 0.2) is 5.82 Å². The van der Waals surface area contributed by atoms with Gasteiger partial charge in [0.25, 0.3) is 0 Å². The lowest BCUT2D eigenvalue weighted by Crippen LogP contribution is -2.39. The van der Waals surface area contributed by atoms with E-state index in [-0.39, 0.29) is 0 Å². The van der Waals surface area contributed by atoms with Crippen LogP contribution >= 0.6 is 11.6 Å². The first-order chi connectivity index (χ1) is 6.94. The average molecular weight is 230 g/mol. The second kappa shape index (κ2) is 4.77. The van der Waals surface area contributed by atoms with E-state index in [4.69, 9.17) is 11.6 Å². The molecule has 5 heteroatoms. The summed E-state index contributed by atoms with van der Waals surface area (Å²) in [5.41, 5.74) is -0.774. The molecule has 0 aliphatic rings. The fourth-order valence-electron chi connectivity index (χ4n) is 1.34. The summed E-state index contributed by atoms with van der Waals surface area (Å²) >= 11 is 5.98. The van der Waals surface area contributed by atoms with Crippen molar-refractivity contribution in [1.29, 1.82) is 0 Å². The second-order valence-electron chi connectivity index (χ2n) is 4.02. The molecule has 0 saturated carbocycles. The first kappa shape index (κ1) is 12.2. The molecule has 0 aromatic carbocycles. The fraction of sp³-hybridized carbons (Fsp3) is 0.600. The summed E-state index contributed by atoms with van der Waals surface area (Å²) in [7, 11) is 0. The quantitative estimate of drug-likeness (QED) is 0.854. The van der Waals surface area contributed by atoms with E-state index >= 15 is 0 Å². The Hall–Kier alpha value is -0.870. The molecule has 1 rings (SSSR count). The Kier molecular flexibility index (Phi) is 3.88. The zero-order valence-electron chi connectivity index (χ0n) is 9.24. The van der Waals surface area contributed by atoms with Gasteiger partial charge in [0, 0.05) is 13.1 Å². The van der Waals surface area contributed by atoms with Crippen molar-refractivity contribution in [3.63, 3.8) is 0 Å². The van der Waals surface area contributed by atoms with E-state index in [1.165, 1.54) is 6.33 Å². The van der Waals surface area contributed by atoms with Crippen molar-refractivity contribution in [1.82, 2.24) is 9.97 Å². The Labute approximate surface area is 94.9 Å². The molecule has 0 radical (unpaired) electrons. The predicted molar refractivity (Wildman–Crippen MR) is 61.2 cm³/mol. The number of hydrogen-bond acceptors (Lipinski definition) is 4. The first-order valence-electron chi connectivity index (χ1n) is 4.87. The number of aromatic nitrogens is 2. The number of likely N-dealkylation sites (N-methyl/N-ethyl adjacent to an activating group) is 1. The average Bonchev–Trinajstić information content (AvgIpc) is 2.14. The van der Waals surface area contributed by atoms with Gasteiger partial charge in [-0.05, 0) is 20.8 Å². The molecule has 0 atom stereocenters. The minimum Gasteiger partial charge on any atom is -0.389 e. The Morgan fingerprint density at radius 3 is 2.67 bits per heavy atom. The van der Waals surface area contributed by atoms with Crippen molar-refractivity contribution >= 4 is 17.4 Å². The molecule has 1 N–H and O–H groups in total. The Balaban J connectivity index is 2.88. The van der Waals surface area contributed by atoms with E-state index in [0.717, 1.165) is 6.54 Å². The molecule has 0 amide bonds. The van der Waals surface area contributed by atoms with Crippen LogP contribution in [0.1, 0.15) is 20.8 Å². The molecule has 1 aromatic heterocycles. The van der Waals surface area contributed by atoms with Crippen molar-refractivity contribution in [2.24, 2.45) is 0 Å². The highest BCUT2D eigenvalue weighted by molar-refractivity contribution is 6.32. The summed E-state index contributed by atoms with van der Waals surface area (Å²) in [4.78, 5) is 9.85. The number of anilines is 1. The molecule has 0 unspecified atom stereocenters. The highest BCUT2D eigenvalue weighted by Gasteiger charge is 2.19. The Bertz CT molecular complexity index is 325. The lowest BCUT2D eigenvalue weighted by atomic mass is 10.1. The van der Waals surface area contributed by atoms with Crippen LogP contribution in [0, 0.1) is 0 Å². The summed E-state index contributed by atoms with van der Waals surface area (Å²) < 4.78 is 0. The number of nitrogens with zero attached hydrogens (tertiary/aromatic N) is 3. The molecule has 0 aliphatic carbocycles. The van der Waals surface area contributed by atoms with E-state index in [1.807, 2.05) is 11.8 Å². The second-order valence-corrected chi connectivity index (χ2v) is 4.43. The molecule has 1 heterocycles. The lowest BCUT2D eigenvalue weighted by Gasteiger charge is -2.29. The molecule has 0 saturated heterocycles. The highest BCUT2D eigenvalue weighted by Crippen LogP contribution is 2.22. The summed E-state index contributed by atoms with van der Waals surface area (Å²) in [6.45, 7) is 6.72. The van der Waals surface area contributed by atoms with Crippen LogP contribution in [0.3, 0.4) is 0 Å². The normalized spacial score (nSPS) is 11.5. The molecular weight excluding hydrogens is 214 g/mol. The van der Waals surface area contributed by atoms with Gasteiger partial charge in [-0.25, -0.2) is 9.97 Å². The SMILES string of the molecule is CCN(CC(C)(C)O)c1ncncc1Cl. The fourth-order valence-corrected chi connectivity index (χ4v) is 1.57. The number of halogens is 1. The van der Waals surface area contributed by atoms with E-state index < -0.39 is 5.60 Å². The van der Waals surface area contributed by atoms with Crippen molar-refractivity contribution in [3.05, 3.63) is 17.5 Å². The highest BCUT2D eigenvalue weighted by atomic mass is 35.5. The lowest BCUT2D eigenvalue weighted by molar-refractivity contribution is 0.0874. The minimum absolute atomic E-state index is 0.486. The smallest absolute Gasteiger partial charge is 0.150 e. The number of aliphatic hydroxyl groups is 1. The molecule has 4 nitrogen and oxygen atoms in total. The van der Waals surface area contributed by atoms with Gasteiger partial charge in [-0.3, -0.25) is 0 Å². The van der Waals surface area contributed by atoms with Crippen molar-refractivity contribution in [2.45, 2.75) is 26.4 Å². The Morgan fingerprint density at radius 2 is 2.20 bits per heavy atom. The number of hydrogen-bond donors (Lipinski definition) is 1. The zero-order chi connectivity index (χ0) is 11.5. The Morgan fingerprint density at radius 1 is 1.53 bits per heavy atom. The van der Waals surface area contributed by atoms with E-state index in [2.05, 4.69) is 9.97 Å². The predicted octanol–water partition coefficient (Wildman–Crippen LogP) is 1.73. The van der Waals surface area contributed by atoms with Gasteiger partial charge >= 0.3 is 0 Å². The van der Waals surface area contributed by atoms with E-state index in [9.17, 15) is 5.11 Å². The zero-order valence-corrected chi connectivity index (χ0v) is 9.99. The van der Waals surface area contributed by atoms with Gasteiger partial charge in [-0.15, -0.1) is 0 Å². The van der Waals surface area contributed by atoms with Crippen LogP contribution in [0.4, 0.5) is 5.82 Å². The van der Waals surface area contributed by atoms with Crippen molar-refractivity contribution in [2.75, 3.05) is 18.0 Å². The van der Waals surface area contributed by atoms with Gasteiger partial charge in [-0.2, -0.15) is 0 Å². The van der Waals surface area contributed by atoms with Crippen molar-refractivity contribution < 1.29 is 5.11 Å². The van der Waals surface area contributed by atoms with Crippen LogP contribution in [-0.2, 0) is 0 Å². The first-order valence-corrected chi connectivity index (χ1v) is 5.24. The monoisotopic (exact) mass is 229 g/mol. The molecule has 15 heavy (non-hydrogen) atoms. The molecule has 84 valence electrons. The van der Waals surface area contributed by atoms with Gasteiger partial charge in [0.1, 0.15) is 11.3 Å². The largest absolute Gasteiger partial charge is 0.389 e. The molecule has 0 spiro atoms. The van der Waals surface area contributed by atoms with E-state index in [0.29, 0.717) is 17.4 Å². The third-order valence-corrected chi connectivity index (χ3v) is 2.17. The van der Waals surface area contributed by atoms with Gasteiger partial charge in [0.2, 0.25) is 0 Å². The molecule has 0 fully saturated rings. The minimum atomic E-state index is -0.774. The standard InChI is InChI=1S/C10H16ClN3O/c1-4-14(6-10(2,3)15)9-8(11)5-12-7-13-9/h5,7,15H,4,6H2,1-3H3. The van der Waals surface area contributed by atoms with Crippen LogP contribution in [0.15, 0.2) is 12.5 Å². The third kappa shape index (κ3) is 3.64. The molecule has 0 bridgehead atoms. The van der Waals surface area contributed by atoms with Crippen LogP contribution in [0.25, 0.3) is 0 Å². The van der Waals surface area contributed by atoms with Crippen LogP contribution < -0.4 is 4.90 Å². The molecule has 0 aliphatic heterocycles. The summed E-state index contributed by atoms with van der Waals surface area (Å²) in [5.74, 6) is 0.663. The van der Waals surface area contributed by atoms with Gasteiger partial charge in [0.05, 0.1) is 11.8 Å². The molecule has 1 aromatic rings. The summed E-state index contributed by atoms with van der Waals surface area (Å²) in [6.07, 6.45) is 3.01. The van der Waals surface area contributed by atoms with E-state index in [1.54, 1.807) is 20.0 Å². The maximum absolute atomic E-state index is 9.74. The van der Waals surface area contributed by atoms with Crippen molar-refractivity contribution in [3.8, 4) is 0 Å². The molecular formula is C10H16ClN3O. The van der Waals surface area contributed by atoms with Gasteiger partial charge in [-0.1, -0.05) is 11.6 Å². The van der Waals surface area contributed by atoms with Crippen LogP contribution in [0.2, 0.25) is 5.02 Å². The maximum atomic E-state index is 9.74. The van der Waals surface area contributed by atoms with Gasteiger partial charge < -0.3 is 10.0 Å². The van der Waals surface area contributed by atoms with Crippen LogP contribution in [0.5, 0.6) is 0 Å². The topological polar surface area (TPSA) is 49.2 Å². The third-order valence-electron chi connectivity index (χ3n) is 1.91. The summed E-state index contributed by atoms with van der Waals surface area (Å²) in [5, 5.41) is 10.2.